The Balaban J connectivity index is 1.62. The predicted octanol–water partition coefficient (Wildman–Crippen LogP) is 3.76. The molecule has 1 atom stereocenters. The highest BCUT2D eigenvalue weighted by molar-refractivity contribution is 5.97. The first-order valence-corrected chi connectivity index (χ1v) is 9.79. The van der Waals surface area contributed by atoms with E-state index < -0.39 is 5.41 Å². The van der Waals surface area contributed by atoms with Crippen LogP contribution in [0.1, 0.15) is 44.2 Å². The Morgan fingerprint density at radius 1 is 1.07 bits per heavy atom. The van der Waals surface area contributed by atoms with Gasteiger partial charge in [-0.25, -0.2) is 0 Å². The zero-order chi connectivity index (χ0) is 21.0. The molecular formula is C22H27N3O4. The van der Waals surface area contributed by atoms with Crippen molar-refractivity contribution in [3.63, 3.8) is 0 Å². The van der Waals surface area contributed by atoms with Crippen molar-refractivity contribution >= 4 is 29.1 Å². The van der Waals surface area contributed by atoms with Gasteiger partial charge in [-0.3, -0.25) is 14.4 Å². The molecule has 2 N–H and O–H groups in total. The quantitative estimate of drug-likeness (QED) is 0.822. The molecule has 154 valence electrons. The number of rotatable bonds is 4. The number of hydrogen-bond donors (Lipinski definition) is 2. The smallest absolute Gasteiger partial charge is 0.289 e. The molecule has 0 saturated carbocycles. The summed E-state index contributed by atoms with van der Waals surface area (Å²) in [5, 5.41) is 5.77. The van der Waals surface area contributed by atoms with Gasteiger partial charge in [-0.05, 0) is 43.2 Å². The van der Waals surface area contributed by atoms with E-state index in [2.05, 4.69) is 10.6 Å². The van der Waals surface area contributed by atoms with Gasteiger partial charge in [0.15, 0.2) is 5.76 Å². The van der Waals surface area contributed by atoms with Crippen LogP contribution in [-0.2, 0) is 9.59 Å². The topological polar surface area (TPSA) is 91.7 Å². The van der Waals surface area contributed by atoms with E-state index in [1.807, 2.05) is 20.8 Å². The SMILES string of the molecule is CC(C)(C)C(=O)Nc1cccc(NC(=O)[C@@H]2CCCN(C(=O)c3ccco3)C2)c1. The van der Waals surface area contributed by atoms with Crippen LogP contribution in [0.25, 0.3) is 0 Å². The summed E-state index contributed by atoms with van der Waals surface area (Å²) in [4.78, 5) is 39.1. The Bertz CT molecular complexity index is 884. The standard InChI is InChI=1S/C22H27N3O4/c1-22(2,3)21(28)24-17-9-4-8-16(13-17)23-19(26)15-7-5-11-25(14-15)20(27)18-10-6-12-29-18/h4,6,8-10,12-13,15H,5,7,11,14H2,1-3H3,(H,23,26)(H,24,28)/t15-/m1/s1. The van der Waals surface area contributed by atoms with E-state index in [-0.39, 0.29) is 29.4 Å². The Hall–Kier alpha value is -3.09. The van der Waals surface area contributed by atoms with Crippen molar-refractivity contribution in [2.75, 3.05) is 23.7 Å². The number of anilines is 2. The molecule has 1 aromatic heterocycles. The van der Waals surface area contributed by atoms with Crippen molar-refractivity contribution in [1.29, 1.82) is 0 Å². The van der Waals surface area contributed by atoms with Crippen molar-refractivity contribution in [2.45, 2.75) is 33.6 Å². The monoisotopic (exact) mass is 397 g/mol. The fraction of sp³-hybridized carbons (Fsp3) is 0.409. The molecule has 2 heterocycles. The number of hydrogen-bond acceptors (Lipinski definition) is 4. The van der Waals surface area contributed by atoms with Gasteiger partial charge in [-0.1, -0.05) is 26.8 Å². The predicted molar refractivity (Wildman–Crippen MR) is 110 cm³/mol. The molecule has 0 spiro atoms. The minimum Gasteiger partial charge on any atom is -0.459 e. The van der Waals surface area contributed by atoms with E-state index in [0.29, 0.717) is 30.9 Å². The lowest BCUT2D eigenvalue weighted by Gasteiger charge is -2.31. The summed E-state index contributed by atoms with van der Waals surface area (Å²) in [5.41, 5.74) is 0.725. The number of likely N-dealkylation sites (tertiary alicyclic amines) is 1. The van der Waals surface area contributed by atoms with Crippen LogP contribution < -0.4 is 10.6 Å². The Kier molecular flexibility index (Phi) is 6.06. The van der Waals surface area contributed by atoms with Gasteiger partial charge in [0.05, 0.1) is 12.2 Å². The average molecular weight is 397 g/mol. The van der Waals surface area contributed by atoms with Gasteiger partial charge in [0.1, 0.15) is 0 Å². The summed E-state index contributed by atoms with van der Waals surface area (Å²) < 4.78 is 5.18. The zero-order valence-electron chi connectivity index (χ0n) is 17.0. The zero-order valence-corrected chi connectivity index (χ0v) is 17.0. The summed E-state index contributed by atoms with van der Waals surface area (Å²) in [6, 6.07) is 10.4. The van der Waals surface area contributed by atoms with Crippen molar-refractivity contribution in [3.05, 3.63) is 48.4 Å². The molecule has 1 saturated heterocycles. The molecule has 0 bridgehead atoms. The van der Waals surface area contributed by atoms with E-state index in [0.717, 1.165) is 6.42 Å². The number of benzene rings is 1. The van der Waals surface area contributed by atoms with Crippen LogP contribution in [0.15, 0.2) is 47.1 Å². The lowest BCUT2D eigenvalue weighted by molar-refractivity contribution is -0.123. The molecule has 0 unspecified atom stereocenters. The third-order valence-corrected chi connectivity index (χ3v) is 4.88. The maximum atomic E-state index is 12.8. The number of furan rings is 1. The van der Waals surface area contributed by atoms with Crippen molar-refractivity contribution in [3.8, 4) is 0 Å². The number of nitrogens with zero attached hydrogens (tertiary/aromatic N) is 1. The Morgan fingerprint density at radius 3 is 2.45 bits per heavy atom. The van der Waals surface area contributed by atoms with Crippen molar-refractivity contribution in [2.24, 2.45) is 11.3 Å². The van der Waals surface area contributed by atoms with Gasteiger partial charge in [-0.2, -0.15) is 0 Å². The maximum Gasteiger partial charge on any atom is 0.289 e. The van der Waals surface area contributed by atoms with Gasteiger partial charge in [-0.15, -0.1) is 0 Å². The van der Waals surface area contributed by atoms with E-state index in [4.69, 9.17) is 4.42 Å². The third-order valence-electron chi connectivity index (χ3n) is 4.88. The first-order chi connectivity index (χ1) is 13.7. The Morgan fingerprint density at radius 2 is 1.79 bits per heavy atom. The molecular weight excluding hydrogens is 370 g/mol. The summed E-state index contributed by atoms with van der Waals surface area (Å²) in [6.45, 7) is 6.48. The van der Waals surface area contributed by atoms with Crippen LogP contribution in [-0.4, -0.2) is 35.7 Å². The van der Waals surface area contributed by atoms with Crippen LogP contribution >= 0.6 is 0 Å². The van der Waals surface area contributed by atoms with Crippen LogP contribution in [0.5, 0.6) is 0 Å². The fourth-order valence-electron chi connectivity index (χ4n) is 3.17. The van der Waals surface area contributed by atoms with Gasteiger partial charge < -0.3 is 20.0 Å². The molecule has 29 heavy (non-hydrogen) atoms. The molecule has 2 aromatic rings. The first-order valence-electron chi connectivity index (χ1n) is 9.79. The van der Waals surface area contributed by atoms with Gasteiger partial charge >= 0.3 is 0 Å². The molecule has 7 heteroatoms. The van der Waals surface area contributed by atoms with E-state index in [1.165, 1.54) is 6.26 Å². The maximum absolute atomic E-state index is 12.8. The number of carbonyl (C=O) groups is 3. The molecule has 3 amide bonds. The molecule has 1 aliphatic heterocycles. The van der Waals surface area contributed by atoms with Crippen LogP contribution in [0, 0.1) is 11.3 Å². The number of carbonyl (C=O) groups excluding carboxylic acids is 3. The molecule has 1 aromatic carbocycles. The minimum atomic E-state index is -0.509. The van der Waals surface area contributed by atoms with E-state index in [9.17, 15) is 14.4 Å². The molecule has 0 aliphatic carbocycles. The molecule has 0 radical (unpaired) electrons. The lowest BCUT2D eigenvalue weighted by Crippen LogP contribution is -2.43. The Labute approximate surface area is 170 Å². The second kappa shape index (κ2) is 8.51. The van der Waals surface area contributed by atoms with Crippen LogP contribution in [0.4, 0.5) is 11.4 Å². The number of piperidine rings is 1. The molecule has 3 rings (SSSR count). The van der Waals surface area contributed by atoms with Crippen molar-refractivity contribution in [1.82, 2.24) is 4.90 Å². The third kappa shape index (κ3) is 5.25. The van der Waals surface area contributed by atoms with Crippen LogP contribution in [0.3, 0.4) is 0 Å². The number of nitrogens with one attached hydrogen (secondary N) is 2. The molecule has 1 fully saturated rings. The second-order valence-corrected chi connectivity index (χ2v) is 8.34. The first kappa shape index (κ1) is 20.6. The van der Waals surface area contributed by atoms with Crippen LogP contribution in [0.2, 0.25) is 0 Å². The largest absolute Gasteiger partial charge is 0.459 e. The summed E-state index contributed by atoms with van der Waals surface area (Å²) in [5.74, 6) is -0.440. The summed E-state index contributed by atoms with van der Waals surface area (Å²) in [6.07, 6.45) is 2.94. The molecule has 1 aliphatic rings. The fourth-order valence-corrected chi connectivity index (χ4v) is 3.17. The summed E-state index contributed by atoms with van der Waals surface area (Å²) in [7, 11) is 0. The normalized spacial score (nSPS) is 16.9. The van der Waals surface area contributed by atoms with Gasteiger partial charge in [0.25, 0.3) is 5.91 Å². The minimum absolute atomic E-state index is 0.0969. The highest BCUT2D eigenvalue weighted by Gasteiger charge is 2.30. The van der Waals surface area contributed by atoms with Crippen molar-refractivity contribution < 1.29 is 18.8 Å². The summed E-state index contributed by atoms with van der Waals surface area (Å²) >= 11 is 0. The average Bonchev–Trinajstić information content (AvgIpc) is 3.22. The van der Waals surface area contributed by atoms with Gasteiger partial charge in [0, 0.05) is 29.9 Å². The van der Waals surface area contributed by atoms with Gasteiger partial charge in [0.2, 0.25) is 11.8 Å². The number of amides is 3. The lowest BCUT2D eigenvalue weighted by atomic mass is 9.95. The van der Waals surface area contributed by atoms with E-state index in [1.54, 1.807) is 41.3 Å². The highest BCUT2D eigenvalue weighted by atomic mass is 16.3. The molecule has 7 nitrogen and oxygen atoms in total. The van der Waals surface area contributed by atoms with E-state index >= 15 is 0 Å². The highest BCUT2D eigenvalue weighted by Crippen LogP contribution is 2.23. The second-order valence-electron chi connectivity index (χ2n) is 8.34.